The Bertz CT molecular complexity index is 900. The molecule has 7 heteroatoms. The van der Waals surface area contributed by atoms with Crippen LogP contribution in [0.15, 0.2) is 42.7 Å². The molecule has 1 amide bonds. The standard InChI is InChI=1S/C21H22FN3O3/c1-21(2,3)28-20(27)25-10-8-15(9-11-25)19-23-12-16(13-24-19)18(26)14-4-6-17(22)7-5-14/h4-8,12-13H,9-11H2,1-3H3. The summed E-state index contributed by atoms with van der Waals surface area (Å²) < 4.78 is 18.4. The largest absolute Gasteiger partial charge is 0.444 e. The van der Waals surface area contributed by atoms with Gasteiger partial charge in [0.2, 0.25) is 0 Å². The molecule has 1 aliphatic rings. The maximum atomic E-state index is 13.0. The second-order valence-electron chi connectivity index (χ2n) is 7.54. The van der Waals surface area contributed by atoms with Crippen molar-refractivity contribution in [2.45, 2.75) is 32.8 Å². The van der Waals surface area contributed by atoms with Gasteiger partial charge in [-0.05, 0) is 57.0 Å². The SMILES string of the molecule is CC(C)(C)OC(=O)N1CC=C(c2ncc(C(=O)c3ccc(F)cc3)cn2)CC1. The Morgan fingerprint density at radius 2 is 1.71 bits per heavy atom. The monoisotopic (exact) mass is 383 g/mol. The number of ketones is 1. The van der Waals surface area contributed by atoms with E-state index in [0.717, 1.165) is 5.57 Å². The third-order valence-corrected chi connectivity index (χ3v) is 4.17. The quantitative estimate of drug-likeness (QED) is 0.753. The summed E-state index contributed by atoms with van der Waals surface area (Å²) in [5.74, 6) is -0.132. The smallest absolute Gasteiger partial charge is 0.410 e. The normalized spacial score (nSPS) is 14.4. The molecule has 3 rings (SSSR count). The van der Waals surface area contributed by atoms with Crippen LogP contribution in [0.25, 0.3) is 5.57 Å². The zero-order valence-corrected chi connectivity index (χ0v) is 16.1. The number of hydrogen-bond donors (Lipinski definition) is 0. The van der Waals surface area contributed by atoms with Crippen molar-refractivity contribution in [1.29, 1.82) is 0 Å². The van der Waals surface area contributed by atoms with E-state index < -0.39 is 11.4 Å². The van der Waals surface area contributed by atoms with Crippen molar-refractivity contribution in [1.82, 2.24) is 14.9 Å². The predicted octanol–water partition coefficient (Wildman–Crippen LogP) is 3.87. The fraction of sp³-hybridized carbons (Fsp3) is 0.333. The Labute approximate surface area is 163 Å². The van der Waals surface area contributed by atoms with E-state index in [1.165, 1.54) is 36.7 Å². The fourth-order valence-corrected chi connectivity index (χ4v) is 2.74. The summed E-state index contributed by atoms with van der Waals surface area (Å²) in [4.78, 5) is 34.7. The first-order valence-corrected chi connectivity index (χ1v) is 9.02. The van der Waals surface area contributed by atoms with Crippen LogP contribution in [0.5, 0.6) is 0 Å². The van der Waals surface area contributed by atoms with Gasteiger partial charge in [0.05, 0.1) is 5.56 Å². The number of carbonyl (C=O) groups excluding carboxylic acids is 2. The molecule has 2 heterocycles. The summed E-state index contributed by atoms with van der Waals surface area (Å²) >= 11 is 0. The third kappa shape index (κ3) is 4.79. The van der Waals surface area contributed by atoms with Gasteiger partial charge in [-0.2, -0.15) is 0 Å². The maximum Gasteiger partial charge on any atom is 0.410 e. The summed E-state index contributed by atoms with van der Waals surface area (Å²) in [6.45, 7) is 6.43. The lowest BCUT2D eigenvalue weighted by Gasteiger charge is -2.29. The number of aromatic nitrogens is 2. The van der Waals surface area contributed by atoms with Crippen LogP contribution in [0.3, 0.4) is 0 Å². The number of carbonyl (C=O) groups is 2. The first-order chi connectivity index (χ1) is 13.2. The molecule has 0 fully saturated rings. The number of ether oxygens (including phenoxy) is 1. The molecule has 0 saturated heterocycles. The third-order valence-electron chi connectivity index (χ3n) is 4.17. The van der Waals surface area contributed by atoms with E-state index in [0.29, 0.717) is 36.5 Å². The lowest BCUT2D eigenvalue weighted by molar-refractivity contribution is 0.0270. The minimum absolute atomic E-state index is 0.264. The van der Waals surface area contributed by atoms with Gasteiger partial charge in [0.25, 0.3) is 0 Å². The van der Waals surface area contributed by atoms with Crippen LogP contribution < -0.4 is 0 Å². The molecule has 28 heavy (non-hydrogen) atoms. The summed E-state index contributed by atoms with van der Waals surface area (Å²) in [6.07, 6.45) is 5.09. The highest BCUT2D eigenvalue weighted by Crippen LogP contribution is 2.21. The van der Waals surface area contributed by atoms with Crippen molar-refractivity contribution in [3.05, 3.63) is 65.5 Å². The van der Waals surface area contributed by atoms with E-state index in [4.69, 9.17) is 4.74 Å². The summed E-state index contributed by atoms with van der Waals surface area (Å²) in [5, 5.41) is 0. The van der Waals surface area contributed by atoms with Crippen LogP contribution >= 0.6 is 0 Å². The average molecular weight is 383 g/mol. The molecule has 0 saturated carbocycles. The molecule has 0 bridgehead atoms. The molecule has 0 spiro atoms. The highest BCUT2D eigenvalue weighted by atomic mass is 19.1. The van der Waals surface area contributed by atoms with Crippen molar-refractivity contribution in [2.24, 2.45) is 0 Å². The Balaban J connectivity index is 1.66. The second-order valence-corrected chi connectivity index (χ2v) is 7.54. The van der Waals surface area contributed by atoms with Gasteiger partial charge in [-0.25, -0.2) is 19.2 Å². The van der Waals surface area contributed by atoms with Gasteiger partial charge in [-0.1, -0.05) is 6.08 Å². The van der Waals surface area contributed by atoms with Crippen molar-refractivity contribution < 1.29 is 18.7 Å². The number of rotatable bonds is 3. The van der Waals surface area contributed by atoms with Gasteiger partial charge in [0.1, 0.15) is 11.4 Å². The Morgan fingerprint density at radius 1 is 1.07 bits per heavy atom. The van der Waals surface area contributed by atoms with Gasteiger partial charge in [0, 0.05) is 31.0 Å². The van der Waals surface area contributed by atoms with Crippen LogP contribution in [-0.2, 0) is 4.74 Å². The number of amides is 1. The van der Waals surface area contributed by atoms with E-state index in [9.17, 15) is 14.0 Å². The van der Waals surface area contributed by atoms with E-state index in [1.54, 1.807) is 4.90 Å². The number of hydrogen-bond acceptors (Lipinski definition) is 5. The topological polar surface area (TPSA) is 72.4 Å². The van der Waals surface area contributed by atoms with Gasteiger partial charge in [-0.3, -0.25) is 4.79 Å². The number of nitrogens with zero attached hydrogens (tertiary/aromatic N) is 3. The molecular weight excluding hydrogens is 361 g/mol. The molecule has 0 atom stereocenters. The molecule has 0 aliphatic carbocycles. The van der Waals surface area contributed by atoms with E-state index >= 15 is 0 Å². The molecule has 0 N–H and O–H groups in total. The molecule has 1 aromatic carbocycles. The van der Waals surface area contributed by atoms with Crippen molar-refractivity contribution in [2.75, 3.05) is 13.1 Å². The van der Waals surface area contributed by atoms with Gasteiger partial charge in [-0.15, -0.1) is 0 Å². The zero-order valence-electron chi connectivity index (χ0n) is 16.1. The molecule has 0 unspecified atom stereocenters. The first kappa shape index (κ1) is 19.7. The minimum atomic E-state index is -0.531. The lowest BCUT2D eigenvalue weighted by atomic mass is 10.1. The van der Waals surface area contributed by atoms with Crippen molar-refractivity contribution >= 4 is 17.4 Å². The van der Waals surface area contributed by atoms with Crippen LogP contribution in [0.1, 0.15) is 48.9 Å². The van der Waals surface area contributed by atoms with Crippen LogP contribution in [0.2, 0.25) is 0 Å². The molecule has 1 aliphatic heterocycles. The second kappa shape index (κ2) is 7.88. The van der Waals surface area contributed by atoms with Crippen LogP contribution in [0, 0.1) is 5.82 Å². The maximum absolute atomic E-state index is 13.0. The first-order valence-electron chi connectivity index (χ1n) is 9.02. The molecule has 2 aromatic rings. The van der Waals surface area contributed by atoms with Crippen molar-refractivity contribution in [3.63, 3.8) is 0 Å². The van der Waals surface area contributed by atoms with Gasteiger partial charge < -0.3 is 9.64 Å². The summed E-state index contributed by atoms with van der Waals surface area (Å²) in [6, 6.07) is 5.35. The van der Waals surface area contributed by atoms with Crippen LogP contribution in [-0.4, -0.2) is 45.4 Å². The van der Waals surface area contributed by atoms with E-state index in [-0.39, 0.29) is 11.9 Å². The number of halogens is 1. The molecular formula is C21H22FN3O3. The summed E-state index contributed by atoms with van der Waals surface area (Å²) in [5.41, 5.74) is 1.10. The molecule has 1 aromatic heterocycles. The van der Waals surface area contributed by atoms with E-state index in [1.807, 2.05) is 26.8 Å². The minimum Gasteiger partial charge on any atom is -0.444 e. The zero-order chi connectivity index (χ0) is 20.3. The van der Waals surface area contributed by atoms with Crippen LogP contribution in [0.4, 0.5) is 9.18 Å². The lowest BCUT2D eigenvalue weighted by Crippen LogP contribution is -2.39. The Hall–Kier alpha value is -3.09. The average Bonchev–Trinajstić information content (AvgIpc) is 2.67. The number of benzene rings is 1. The molecule has 6 nitrogen and oxygen atoms in total. The Kier molecular flexibility index (Phi) is 5.53. The fourth-order valence-electron chi connectivity index (χ4n) is 2.74. The highest BCUT2D eigenvalue weighted by Gasteiger charge is 2.24. The predicted molar refractivity (Wildman–Crippen MR) is 102 cm³/mol. The van der Waals surface area contributed by atoms with Crippen molar-refractivity contribution in [3.8, 4) is 0 Å². The molecule has 146 valence electrons. The molecule has 0 radical (unpaired) electrons. The van der Waals surface area contributed by atoms with Gasteiger partial charge >= 0.3 is 6.09 Å². The van der Waals surface area contributed by atoms with Gasteiger partial charge in [0.15, 0.2) is 11.6 Å². The van der Waals surface area contributed by atoms with E-state index in [2.05, 4.69) is 9.97 Å². The highest BCUT2D eigenvalue weighted by molar-refractivity contribution is 6.08. The Morgan fingerprint density at radius 3 is 2.25 bits per heavy atom. The summed E-state index contributed by atoms with van der Waals surface area (Å²) in [7, 11) is 0.